The summed E-state index contributed by atoms with van der Waals surface area (Å²) < 4.78 is 5.18. The van der Waals surface area contributed by atoms with Gasteiger partial charge in [0.2, 0.25) is 0 Å². The summed E-state index contributed by atoms with van der Waals surface area (Å²) in [5, 5.41) is 15.3. The van der Waals surface area contributed by atoms with Crippen molar-refractivity contribution in [2.45, 2.75) is 6.42 Å². The third kappa shape index (κ3) is 5.98. The molecule has 0 unspecified atom stereocenters. The Balaban J connectivity index is 2.15. The van der Waals surface area contributed by atoms with E-state index in [4.69, 9.17) is 22.1 Å². The van der Waals surface area contributed by atoms with Crippen molar-refractivity contribution >= 4 is 28.9 Å². The van der Waals surface area contributed by atoms with Crippen LogP contribution in [0.25, 0.3) is 0 Å². The number of hydrogen-bond acceptors (Lipinski definition) is 4. The largest absolute Gasteiger partial charge is 0.497 e. The molecule has 0 aromatic heterocycles. The van der Waals surface area contributed by atoms with Crippen molar-refractivity contribution in [1.82, 2.24) is 10.6 Å². The van der Waals surface area contributed by atoms with Crippen molar-refractivity contribution in [3.8, 4) is 5.75 Å². The van der Waals surface area contributed by atoms with Crippen LogP contribution in [0.3, 0.4) is 0 Å². The van der Waals surface area contributed by atoms with Crippen LogP contribution in [0.4, 0.5) is 5.69 Å². The van der Waals surface area contributed by atoms with Crippen molar-refractivity contribution < 1.29 is 9.84 Å². The molecule has 0 bridgehead atoms. The number of aliphatic hydroxyl groups excluding tert-OH is 1. The highest BCUT2D eigenvalue weighted by molar-refractivity contribution is 7.80. The van der Waals surface area contributed by atoms with E-state index >= 15 is 0 Å². The molecule has 126 valence electrons. The van der Waals surface area contributed by atoms with Crippen molar-refractivity contribution in [3.05, 3.63) is 60.2 Å². The molecule has 3 N–H and O–H groups in total. The molecule has 2 aromatic carbocycles. The molecule has 0 aliphatic carbocycles. The van der Waals surface area contributed by atoms with E-state index < -0.39 is 0 Å². The van der Waals surface area contributed by atoms with E-state index in [-0.39, 0.29) is 6.61 Å². The monoisotopic (exact) mass is 343 g/mol. The molecule has 0 heterocycles. The summed E-state index contributed by atoms with van der Waals surface area (Å²) in [6.07, 6.45) is 0.597. The van der Waals surface area contributed by atoms with Gasteiger partial charge < -0.3 is 20.5 Å². The van der Waals surface area contributed by atoms with Crippen LogP contribution in [0.2, 0.25) is 0 Å². The lowest BCUT2D eigenvalue weighted by molar-refractivity contribution is 0.300. The van der Waals surface area contributed by atoms with E-state index in [1.54, 1.807) is 7.11 Å². The second-order valence-electron chi connectivity index (χ2n) is 5.02. The Morgan fingerprint density at radius 1 is 1.12 bits per heavy atom. The number of amidine groups is 1. The number of hydrogen-bond donors (Lipinski definition) is 3. The summed E-state index contributed by atoms with van der Waals surface area (Å²) in [6, 6.07) is 17.5. The molecule has 0 saturated carbocycles. The summed E-state index contributed by atoms with van der Waals surface area (Å²) in [4.78, 5) is 4.63. The average molecular weight is 343 g/mol. The van der Waals surface area contributed by atoms with E-state index in [2.05, 4.69) is 15.6 Å². The van der Waals surface area contributed by atoms with Crippen molar-refractivity contribution in [3.63, 3.8) is 0 Å². The fourth-order valence-electron chi connectivity index (χ4n) is 2.05. The molecule has 0 amide bonds. The molecule has 0 aliphatic heterocycles. The predicted molar refractivity (Wildman–Crippen MR) is 101 cm³/mol. The standard InChI is InChI=1S/C18H21N3O2S/c1-23-16-9-7-14(8-10-16)13-17(21-18(24)19-11-12-22)20-15-5-3-2-4-6-15/h2-10,22H,11-13H2,1H3,(H2,19,20,21,24). The minimum atomic E-state index is 0.0193. The second-order valence-corrected chi connectivity index (χ2v) is 5.43. The Bertz CT molecular complexity index is 672. The van der Waals surface area contributed by atoms with Crippen LogP contribution >= 0.6 is 12.2 Å². The number of ether oxygens (including phenoxy) is 1. The van der Waals surface area contributed by atoms with Gasteiger partial charge in [0.05, 0.1) is 19.4 Å². The maximum absolute atomic E-state index is 8.88. The number of benzene rings is 2. The van der Waals surface area contributed by atoms with Gasteiger partial charge in [0, 0.05) is 13.0 Å². The molecule has 0 aliphatic rings. The van der Waals surface area contributed by atoms with Gasteiger partial charge in [0.15, 0.2) is 5.11 Å². The summed E-state index contributed by atoms with van der Waals surface area (Å²) >= 11 is 5.23. The van der Waals surface area contributed by atoms with E-state index in [0.29, 0.717) is 18.1 Å². The summed E-state index contributed by atoms with van der Waals surface area (Å²) in [5.74, 6) is 1.54. The number of nitrogens with one attached hydrogen (secondary N) is 2. The number of thiocarbonyl (C=S) groups is 1. The Kier molecular flexibility index (Phi) is 7.20. The van der Waals surface area contributed by atoms with Gasteiger partial charge in [-0.25, -0.2) is 4.99 Å². The molecule has 2 rings (SSSR count). The van der Waals surface area contributed by atoms with Gasteiger partial charge in [-0.1, -0.05) is 30.3 Å². The van der Waals surface area contributed by atoms with Crippen LogP contribution in [-0.2, 0) is 6.42 Å². The van der Waals surface area contributed by atoms with E-state index in [9.17, 15) is 0 Å². The molecular formula is C18H21N3O2S. The van der Waals surface area contributed by atoms with Gasteiger partial charge in [0.25, 0.3) is 0 Å². The third-order valence-corrected chi connectivity index (χ3v) is 3.45. The lowest BCUT2D eigenvalue weighted by atomic mass is 10.1. The van der Waals surface area contributed by atoms with Crippen molar-refractivity contribution in [1.29, 1.82) is 0 Å². The van der Waals surface area contributed by atoms with Gasteiger partial charge >= 0.3 is 0 Å². The Hall–Kier alpha value is -2.44. The van der Waals surface area contributed by atoms with Crippen LogP contribution in [-0.4, -0.2) is 36.3 Å². The zero-order valence-corrected chi connectivity index (χ0v) is 14.3. The van der Waals surface area contributed by atoms with Gasteiger partial charge in [-0.2, -0.15) is 0 Å². The second kappa shape index (κ2) is 9.64. The number of aliphatic imine (C=N–C) groups is 1. The molecule has 0 fully saturated rings. The quantitative estimate of drug-likeness (QED) is 0.427. The number of methoxy groups -OCH3 is 1. The van der Waals surface area contributed by atoms with Crippen LogP contribution < -0.4 is 15.4 Å². The fraction of sp³-hybridized carbons (Fsp3) is 0.222. The van der Waals surface area contributed by atoms with Gasteiger partial charge in [-0.15, -0.1) is 0 Å². The first kappa shape index (κ1) is 17.9. The maximum atomic E-state index is 8.88. The molecule has 24 heavy (non-hydrogen) atoms. The first-order valence-electron chi connectivity index (χ1n) is 7.62. The molecule has 0 saturated heterocycles. The van der Waals surface area contributed by atoms with E-state index in [1.807, 2.05) is 54.6 Å². The topological polar surface area (TPSA) is 65.9 Å². The Morgan fingerprint density at radius 3 is 2.46 bits per heavy atom. The number of aliphatic hydroxyl groups is 1. The SMILES string of the molecule is COc1ccc(C/C(=N/c2ccccc2)NC(=S)NCCO)cc1. The first-order chi connectivity index (χ1) is 11.7. The highest BCUT2D eigenvalue weighted by atomic mass is 32.1. The Morgan fingerprint density at radius 2 is 1.83 bits per heavy atom. The van der Waals surface area contributed by atoms with E-state index in [0.717, 1.165) is 22.8 Å². The normalized spacial score (nSPS) is 11.0. The molecule has 0 spiro atoms. The number of nitrogens with zero attached hydrogens (tertiary/aromatic N) is 1. The Labute approximate surface area is 147 Å². The zero-order valence-electron chi connectivity index (χ0n) is 13.5. The number of para-hydroxylation sites is 1. The first-order valence-corrected chi connectivity index (χ1v) is 8.03. The van der Waals surface area contributed by atoms with Crippen molar-refractivity contribution in [2.24, 2.45) is 4.99 Å². The van der Waals surface area contributed by atoms with Gasteiger partial charge in [0.1, 0.15) is 11.6 Å². The summed E-state index contributed by atoms with van der Waals surface area (Å²) in [7, 11) is 1.64. The predicted octanol–water partition coefficient (Wildman–Crippen LogP) is 2.42. The smallest absolute Gasteiger partial charge is 0.171 e. The molecule has 0 radical (unpaired) electrons. The van der Waals surface area contributed by atoms with Crippen LogP contribution in [0.5, 0.6) is 5.75 Å². The molecule has 0 atom stereocenters. The minimum Gasteiger partial charge on any atom is -0.497 e. The highest BCUT2D eigenvalue weighted by Gasteiger charge is 2.05. The fourth-order valence-corrected chi connectivity index (χ4v) is 2.27. The third-order valence-electron chi connectivity index (χ3n) is 3.21. The summed E-state index contributed by atoms with van der Waals surface area (Å²) in [5.41, 5.74) is 1.93. The van der Waals surface area contributed by atoms with E-state index in [1.165, 1.54) is 0 Å². The molecule has 5 nitrogen and oxygen atoms in total. The highest BCUT2D eigenvalue weighted by Crippen LogP contribution is 2.14. The zero-order chi connectivity index (χ0) is 17.2. The van der Waals surface area contributed by atoms with Crippen LogP contribution in [0.1, 0.15) is 5.56 Å². The van der Waals surface area contributed by atoms with Crippen molar-refractivity contribution in [2.75, 3.05) is 20.3 Å². The van der Waals surface area contributed by atoms with Crippen LogP contribution in [0, 0.1) is 0 Å². The lowest BCUT2D eigenvalue weighted by Gasteiger charge is -2.13. The maximum Gasteiger partial charge on any atom is 0.171 e. The summed E-state index contributed by atoms with van der Waals surface area (Å²) in [6.45, 7) is 0.415. The van der Waals surface area contributed by atoms with Gasteiger partial charge in [-0.3, -0.25) is 0 Å². The number of rotatable bonds is 6. The molecule has 2 aromatic rings. The minimum absolute atomic E-state index is 0.0193. The molecular weight excluding hydrogens is 322 g/mol. The molecule has 6 heteroatoms. The van der Waals surface area contributed by atoms with Crippen LogP contribution in [0.15, 0.2) is 59.6 Å². The van der Waals surface area contributed by atoms with Gasteiger partial charge in [-0.05, 0) is 42.0 Å². The lowest BCUT2D eigenvalue weighted by Crippen LogP contribution is -2.41. The average Bonchev–Trinajstić information content (AvgIpc) is 2.61.